The van der Waals surface area contributed by atoms with Crippen molar-refractivity contribution in [2.24, 2.45) is 11.7 Å². The molecule has 4 heteroatoms. The Morgan fingerprint density at radius 2 is 2.27 bits per heavy atom. The van der Waals surface area contributed by atoms with Crippen LogP contribution in [0.4, 0.5) is 0 Å². The number of nitrogens with zero attached hydrogens (tertiary/aromatic N) is 1. The normalized spacial score (nSPS) is 31.1. The molecule has 4 nitrogen and oxygen atoms in total. The van der Waals surface area contributed by atoms with Gasteiger partial charge in [0, 0.05) is 13.1 Å². The summed E-state index contributed by atoms with van der Waals surface area (Å²) >= 11 is 0. The Labute approximate surface area is 92.2 Å². The van der Waals surface area contributed by atoms with E-state index in [1.54, 1.807) is 0 Å². The lowest BCUT2D eigenvalue weighted by atomic mass is 9.95. The van der Waals surface area contributed by atoms with E-state index in [0.717, 1.165) is 32.4 Å². The minimum Gasteiger partial charge on any atom is -0.368 e. The van der Waals surface area contributed by atoms with Crippen LogP contribution in [-0.2, 0) is 4.79 Å². The topological polar surface area (TPSA) is 58.4 Å². The molecule has 0 aromatic carbocycles. The van der Waals surface area contributed by atoms with E-state index in [1.165, 1.54) is 0 Å². The molecule has 1 rings (SSSR count). The second-order valence-corrected chi connectivity index (χ2v) is 5.02. The quantitative estimate of drug-likeness (QED) is 0.685. The number of carbonyl (C=O) groups is 1. The van der Waals surface area contributed by atoms with Gasteiger partial charge in [0.05, 0.1) is 5.54 Å². The first kappa shape index (κ1) is 12.5. The van der Waals surface area contributed by atoms with E-state index in [9.17, 15) is 4.79 Å². The standard InChI is InChI=1S/C11H23N3O/c1-9-4-5-11(8-9,10(12)15)13-6-7-14(2)3/h9,13H,4-8H2,1-3H3,(H2,12,15). The van der Waals surface area contributed by atoms with Gasteiger partial charge in [-0.1, -0.05) is 6.92 Å². The fraction of sp³-hybridized carbons (Fsp3) is 0.909. The van der Waals surface area contributed by atoms with E-state index < -0.39 is 5.54 Å². The van der Waals surface area contributed by atoms with Crippen molar-refractivity contribution in [1.29, 1.82) is 0 Å². The molecule has 0 heterocycles. The summed E-state index contributed by atoms with van der Waals surface area (Å²) in [4.78, 5) is 13.6. The molecule has 2 atom stereocenters. The smallest absolute Gasteiger partial charge is 0.237 e. The minimum atomic E-state index is -0.435. The number of amides is 1. The zero-order chi connectivity index (χ0) is 11.5. The highest BCUT2D eigenvalue weighted by atomic mass is 16.1. The van der Waals surface area contributed by atoms with Crippen molar-refractivity contribution in [2.45, 2.75) is 31.7 Å². The molecule has 15 heavy (non-hydrogen) atoms. The van der Waals surface area contributed by atoms with Crippen LogP contribution in [0.1, 0.15) is 26.2 Å². The van der Waals surface area contributed by atoms with Crippen LogP contribution in [0.5, 0.6) is 0 Å². The highest BCUT2D eigenvalue weighted by molar-refractivity contribution is 5.85. The summed E-state index contributed by atoms with van der Waals surface area (Å²) in [5, 5.41) is 3.34. The predicted molar refractivity (Wildman–Crippen MR) is 61.5 cm³/mol. The van der Waals surface area contributed by atoms with E-state index in [4.69, 9.17) is 5.73 Å². The van der Waals surface area contributed by atoms with E-state index in [1.807, 2.05) is 14.1 Å². The van der Waals surface area contributed by atoms with Gasteiger partial charge in [0.2, 0.25) is 5.91 Å². The van der Waals surface area contributed by atoms with Crippen LogP contribution in [0.3, 0.4) is 0 Å². The van der Waals surface area contributed by atoms with Crippen molar-refractivity contribution in [3.63, 3.8) is 0 Å². The van der Waals surface area contributed by atoms with Crippen LogP contribution >= 0.6 is 0 Å². The molecule has 1 amide bonds. The lowest BCUT2D eigenvalue weighted by Gasteiger charge is -2.27. The summed E-state index contributed by atoms with van der Waals surface area (Å²) in [7, 11) is 4.05. The van der Waals surface area contributed by atoms with Gasteiger partial charge in [-0.15, -0.1) is 0 Å². The predicted octanol–water partition coefficient (Wildman–Crippen LogP) is 0.182. The number of hydrogen-bond donors (Lipinski definition) is 2. The summed E-state index contributed by atoms with van der Waals surface area (Å²) in [5.74, 6) is 0.412. The molecule has 0 spiro atoms. The summed E-state index contributed by atoms with van der Waals surface area (Å²) in [6.07, 6.45) is 2.87. The number of likely N-dealkylation sites (N-methyl/N-ethyl adjacent to an activating group) is 1. The van der Waals surface area contributed by atoms with Crippen LogP contribution in [-0.4, -0.2) is 43.5 Å². The largest absolute Gasteiger partial charge is 0.368 e. The number of hydrogen-bond acceptors (Lipinski definition) is 3. The second kappa shape index (κ2) is 4.94. The van der Waals surface area contributed by atoms with Crippen LogP contribution in [0.25, 0.3) is 0 Å². The zero-order valence-electron chi connectivity index (χ0n) is 10.0. The maximum Gasteiger partial charge on any atom is 0.237 e. The molecule has 0 bridgehead atoms. The fourth-order valence-corrected chi connectivity index (χ4v) is 2.28. The third-order valence-corrected chi connectivity index (χ3v) is 3.25. The number of carbonyl (C=O) groups excluding carboxylic acids is 1. The monoisotopic (exact) mass is 213 g/mol. The van der Waals surface area contributed by atoms with E-state index in [0.29, 0.717) is 5.92 Å². The number of nitrogens with one attached hydrogen (secondary N) is 1. The summed E-state index contributed by atoms with van der Waals surface area (Å²) in [5.41, 5.74) is 5.06. The first-order valence-electron chi connectivity index (χ1n) is 5.66. The molecule has 0 aromatic rings. The molecule has 1 fully saturated rings. The molecule has 1 saturated carbocycles. The molecule has 0 radical (unpaired) electrons. The van der Waals surface area contributed by atoms with Crippen molar-refractivity contribution in [2.75, 3.05) is 27.2 Å². The highest BCUT2D eigenvalue weighted by Gasteiger charge is 2.41. The number of primary amides is 1. The molecule has 0 aromatic heterocycles. The highest BCUT2D eigenvalue weighted by Crippen LogP contribution is 2.33. The summed E-state index contributed by atoms with van der Waals surface area (Å²) in [6.45, 7) is 3.93. The van der Waals surface area contributed by atoms with Gasteiger partial charge in [-0.25, -0.2) is 0 Å². The van der Waals surface area contributed by atoms with Gasteiger partial charge < -0.3 is 16.0 Å². The molecule has 1 aliphatic rings. The second-order valence-electron chi connectivity index (χ2n) is 5.02. The maximum atomic E-state index is 11.5. The summed E-state index contributed by atoms with van der Waals surface area (Å²) < 4.78 is 0. The van der Waals surface area contributed by atoms with E-state index >= 15 is 0 Å². The van der Waals surface area contributed by atoms with Gasteiger partial charge in [-0.2, -0.15) is 0 Å². The van der Waals surface area contributed by atoms with Crippen molar-refractivity contribution in [3.05, 3.63) is 0 Å². The Kier molecular flexibility index (Phi) is 4.11. The van der Waals surface area contributed by atoms with E-state index in [2.05, 4.69) is 17.1 Å². The SMILES string of the molecule is CC1CCC(NCCN(C)C)(C(N)=O)C1. The molecule has 0 saturated heterocycles. The molecule has 3 N–H and O–H groups in total. The Bertz CT molecular complexity index is 230. The maximum absolute atomic E-state index is 11.5. The van der Waals surface area contributed by atoms with Gasteiger partial charge in [-0.05, 0) is 39.3 Å². The first-order valence-corrected chi connectivity index (χ1v) is 5.66. The van der Waals surface area contributed by atoms with Crippen molar-refractivity contribution >= 4 is 5.91 Å². The minimum absolute atomic E-state index is 0.189. The summed E-state index contributed by atoms with van der Waals surface area (Å²) in [6, 6.07) is 0. The van der Waals surface area contributed by atoms with Crippen molar-refractivity contribution in [1.82, 2.24) is 10.2 Å². The van der Waals surface area contributed by atoms with Gasteiger partial charge in [0.25, 0.3) is 0 Å². The van der Waals surface area contributed by atoms with Crippen molar-refractivity contribution in [3.8, 4) is 0 Å². The van der Waals surface area contributed by atoms with E-state index in [-0.39, 0.29) is 5.91 Å². The average Bonchev–Trinajstić information content (AvgIpc) is 2.48. The molecule has 0 aliphatic heterocycles. The Morgan fingerprint density at radius 3 is 2.67 bits per heavy atom. The fourth-order valence-electron chi connectivity index (χ4n) is 2.28. The van der Waals surface area contributed by atoms with Crippen LogP contribution in [0.15, 0.2) is 0 Å². The third-order valence-electron chi connectivity index (χ3n) is 3.25. The molecule has 2 unspecified atom stereocenters. The Balaban J connectivity index is 2.48. The Morgan fingerprint density at radius 1 is 1.60 bits per heavy atom. The van der Waals surface area contributed by atoms with Gasteiger partial charge >= 0.3 is 0 Å². The molecule has 1 aliphatic carbocycles. The van der Waals surface area contributed by atoms with Gasteiger partial charge in [-0.3, -0.25) is 4.79 Å². The zero-order valence-corrected chi connectivity index (χ0v) is 10.0. The molecular formula is C11H23N3O. The third kappa shape index (κ3) is 3.18. The van der Waals surface area contributed by atoms with Crippen LogP contribution in [0.2, 0.25) is 0 Å². The van der Waals surface area contributed by atoms with Gasteiger partial charge in [0.1, 0.15) is 0 Å². The number of nitrogens with two attached hydrogens (primary N) is 1. The average molecular weight is 213 g/mol. The van der Waals surface area contributed by atoms with Crippen LogP contribution < -0.4 is 11.1 Å². The number of rotatable bonds is 5. The molecular weight excluding hydrogens is 190 g/mol. The lowest BCUT2D eigenvalue weighted by molar-refractivity contribution is -0.124. The lowest BCUT2D eigenvalue weighted by Crippen LogP contribution is -2.55. The van der Waals surface area contributed by atoms with Crippen LogP contribution in [0, 0.1) is 5.92 Å². The Hall–Kier alpha value is -0.610. The first-order chi connectivity index (χ1) is 6.96. The molecule has 88 valence electrons. The van der Waals surface area contributed by atoms with Gasteiger partial charge in [0.15, 0.2) is 0 Å². The van der Waals surface area contributed by atoms with Crippen molar-refractivity contribution < 1.29 is 4.79 Å².